The zero-order valence-electron chi connectivity index (χ0n) is 15.4. The molecule has 5 heteroatoms. The van der Waals surface area contributed by atoms with Gasteiger partial charge in [-0.15, -0.1) is 0 Å². The molecule has 0 N–H and O–H groups in total. The van der Waals surface area contributed by atoms with Crippen LogP contribution in [0, 0.1) is 5.82 Å². The van der Waals surface area contributed by atoms with Gasteiger partial charge in [0.05, 0.1) is 6.61 Å². The first kappa shape index (κ1) is 19.3. The van der Waals surface area contributed by atoms with E-state index in [1.54, 1.807) is 48.5 Å². The summed E-state index contributed by atoms with van der Waals surface area (Å²) in [5.41, 5.74) is 1.39. The number of carbonyl (C=O) groups is 2. The van der Waals surface area contributed by atoms with E-state index in [-0.39, 0.29) is 18.2 Å². The average molecular weight is 378 g/mol. The minimum absolute atomic E-state index is 0.112. The van der Waals surface area contributed by atoms with Crippen LogP contribution in [0.2, 0.25) is 0 Å². The third kappa shape index (κ3) is 4.82. The van der Waals surface area contributed by atoms with Gasteiger partial charge in [0.25, 0.3) is 0 Å². The summed E-state index contributed by atoms with van der Waals surface area (Å²) in [6.45, 7) is 2.35. The summed E-state index contributed by atoms with van der Waals surface area (Å²) in [6, 6.07) is 18.7. The Labute approximate surface area is 162 Å². The number of ether oxygens (including phenoxy) is 2. The number of carbonyl (C=O) groups excluding carboxylic acids is 2. The van der Waals surface area contributed by atoms with Crippen molar-refractivity contribution in [2.75, 3.05) is 13.2 Å². The molecule has 0 unspecified atom stereocenters. The second kappa shape index (κ2) is 8.95. The fourth-order valence-corrected chi connectivity index (χ4v) is 2.61. The molecule has 0 aliphatic heterocycles. The molecule has 0 aliphatic rings. The molecule has 3 aromatic carbocycles. The highest BCUT2D eigenvalue weighted by Gasteiger charge is 2.11. The second-order valence-electron chi connectivity index (χ2n) is 6.03. The lowest BCUT2D eigenvalue weighted by atomic mass is 10.0. The first-order valence-corrected chi connectivity index (χ1v) is 8.86. The van der Waals surface area contributed by atoms with E-state index in [2.05, 4.69) is 0 Å². The summed E-state index contributed by atoms with van der Waals surface area (Å²) < 4.78 is 23.8. The Morgan fingerprint density at radius 1 is 0.714 bits per heavy atom. The van der Waals surface area contributed by atoms with Crippen molar-refractivity contribution in [3.8, 4) is 11.5 Å². The Morgan fingerprint density at radius 3 is 1.71 bits per heavy atom. The van der Waals surface area contributed by atoms with Gasteiger partial charge in [-0.3, -0.25) is 9.59 Å². The number of hydrogen-bond acceptors (Lipinski definition) is 4. The van der Waals surface area contributed by atoms with Gasteiger partial charge in [0.2, 0.25) is 0 Å². The second-order valence-corrected chi connectivity index (χ2v) is 6.03. The maximum absolute atomic E-state index is 13.0. The summed E-state index contributed by atoms with van der Waals surface area (Å²) in [5, 5.41) is 0. The highest BCUT2D eigenvalue weighted by molar-refractivity contribution is 6.09. The number of rotatable bonds is 8. The van der Waals surface area contributed by atoms with E-state index < -0.39 is 5.82 Å². The Balaban J connectivity index is 1.58. The van der Waals surface area contributed by atoms with E-state index in [0.29, 0.717) is 34.8 Å². The molecule has 0 fully saturated rings. The molecule has 3 rings (SSSR count). The standard InChI is InChI=1S/C23H19FO4/c1-2-27-20-11-5-16(6-12-20)22(25)15-28-21-13-7-18(8-14-21)23(26)17-3-9-19(24)10-4-17/h3-14H,2,15H2,1H3. The highest BCUT2D eigenvalue weighted by atomic mass is 19.1. The van der Waals surface area contributed by atoms with Gasteiger partial charge < -0.3 is 9.47 Å². The molecule has 3 aromatic rings. The van der Waals surface area contributed by atoms with Crippen LogP contribution >= 0.6 is 0 Å². The summed E-state index contributed by atoms with van der Waals surface area (Å²) in [4.78, 5) is 24.6. The number of halogens is 1. The maximum Gasteiger partial charge on any atom is 0.200 e. The summed E-state index contributed by atoms with van der Waals surface area (Å²) >= 11 is 0. The van der Waals surface area contributed by atoms with E-state index in [0.717, 1.165) is 0 Å². The highest BCUT2D eigenvalue weighted by Crippen LogP contribution is 2.17. The lowest BCUT2D eigenvalue weighted by molar-refractivity contribution is 0.0920. The lowest BCUT2D eigenvalue weighted by Crippen LogP contribution is -2.11. The summed E-state index contributed by atoms with van der Waals surface area (Å²) in [7, 11) is 0. The van der Waals surface area contributed by atoms with Crippen LogP contribution in [0.3, 0.4) is 0 Å². The lowest BCUT2D eigenvalue weighted by Gasteiger charge is -2.08. The minimum atomic E-state index is -0.391. The van der Waals surface area contributed by atoms with Gasteiger partial charge in [0.15, 0.2) is 18.2 Å². The van der Waals surface area contributed by atoms with Crippen molar-refractivity contribution in [3.05, 3.63) is 95.3 Å². The average Bonchev–Trinajstić information content (AvgIpc) is 2.73. The number of hydrogen-bond donors (Lipinski definition) is 0. The van der Waals surface area contributed by atoms with E-state index in [1.807, 2.05) is 6.92 Å². The zero-order chi connectivity index (χ0) is 19.9. The molecule has 0 radical (unpaired) electrons. The molecule has 0 aromatic heterocycles. The van der Waals surface area contributed by atoms with Gasteiger partial charge >= 0.3 is 0 Å². The monoisotopic (exact) mass is 378 g/mol. The zero-order valence-corrected chi connectivity index (χ0v) is 15.4. The fourth-order valence-electron chi connectivity index (χ4n) is 2.61. The van der Waals surface area contributed by atoms with Gasteiger partial charge in [-0.2, -0.15) is 0 Å². The smallest absolute Gasteiger partial charge is 0.200 e. The molecule has 4 nitrogen and oxygen atoms in total. The third-order valence-electron chi connectivity index (χ3n) is 4.08. The van der Waals surface area contributed by atoms with E-state index in [1.165, 1.54) is 24.3 Å². The molecule has 0 aliphatic carbocycles. The van der Waals surface area contributed by atoms with Crippen molar-refractivity contribution >= 4 is 11.6 Å². The van der Waals surface area contributed by atoms with Crippen molar-refractivity contribution in [3.63, 3.8) is 0 Å². The van der Waals surface area contributed by atoms with E-state index in [9.17, 15) is 14.0 Å². The summed E-state index contributed by atoms with van der Waals surface area (Å²) in [5.74, 6) is 0.431. The normalized spacial score (nSPS) is 10.4. The van der Waals surface area contributed by atoms with Crippen LogP contribution in [0.25, 0.3) is 0 Å². The van der Waals surface area contributed by atoms with Crippen molar-refractivity contribution < 1.29 is 23.5 Å². The van der Waals surface area contributed by atoms with Crippen LogP contribution in [0.4, 0.5) is 4.39 Å². The molecule has 0 heterocycles. The van der Waals surface area contributed by atoms with Crippen molar-refractivity contribution in [1.29, 1.82) is 0 Å². The Kier molecular flexibility index (Phi) is 6.17. The Hall–Kier alpha value is -3.47. The SMILES string of the molecule is CCOc1ccc(C(=O)COc2ccc(C(=O)c3ccc(F)cc3)cc2)cc1. The van der Waals surface area contributed by atoms with Crippen LogP contribution in [0.5, 0.6) is 11.5 Å². The largest absolute Gasteiger partial charge is 0.494 e. The molecular weight excluding hydrogens is 359 g/mol. The number of ketones is 2. The van der Waals surface area contributed by atoms with Gasteiger partial charge in [-0.1, -0.05) is 0 Å². The molecule has 28 heavy (non-hydrogen) atoms. The third-order valence-corrected chi connectivity index (χ3v) is 4.08. The van der Waals surface area contributed by atoms with Crippen LogP contribution in [0.15, 0.2) is 72.8 Å². The molecule has 0 saturated heterocycles. The quantitative estimate of drug-likeness (QED) is 0.533. The van der Waals surface area contributed by atoms with Crippen LogP contribution in [-0.4, -0.2) is 24.8 Å². The van der Waals surface area contributed by atoms with Gasteiger partial charge in [0, 0.05) is 16.7 Å². The first-order valence-electron chi connectivity index (χ1n) is 8.86. The predicted octanol–water partition coefficient (Wildman–Crippen LogP) is 4.72. The van der Waals surface area contributed by atoms with Crippen molar-refractivity contribution in [2.24, 2.45) is 0 Å². The van der Waals surface area contributed by atoms with Crippen molar-refractivity contribution in [2.45, 2.75) is 6.92 Å². The van der Waals surface area contributed by atoms with Gasteiger partial charge in [-0.25, -0.2) is 4.39 Å². The predicted molar refractivity (Wildman–Crippen MR) is 104 cm³/mol. The molecule has 0 saturated carbocycles. The number of Topliss-reactive ketones (excluding diaryl/α,β-unsaturated/α-hetero) is 1. The number of benzene rings is 3. The molecule has 142 valence electrons. The topological polar surface area (TPSA) is 52.6 Å². The summed E-state index contributed by atoms with van der Waals surface area (Å²) in [6.07, 6.45) is 0. The molecule has 0 amide bonds. The molecule has 0 bridgehead atoms. The molecular formula is C23H19FO4. The molecule has 0 spiro atoms. The Morgan fingerprint density at radius 2 is 1.18 bits per heavy atom. The molecule has 0 atom stereocenters. The van der Waals surface area contributed by atoms with Crippen molar-refractivity contribution in [1.82, 2.24) is 0 Å². The van der Waals surface area contributed by atoms with E-state index in [4.69, 9.17) is 9.47 Å². The van der Waals surface area contributed by atoms with E-state index >= 15 is 0 Å². The van der Waals surface area contributed by atoms with Gasteiger partial charge in [0.1, 0.15) is 17.3 Å². The van der Waals surface area contributed by atoms with Crippen LogP contribution < -0.4 is 9.47 Å². The maximum atomic E-state index is 13.0. The van der Waals surface area contributed by atoms with Gasteiger partial charge in [-0.05, 0) is 79.7 Å². The first-order chi connectivity index (χ1) is 13.6. The van der Waals surface area contributed by atoms with Crippen LogP contribution in [0.1, 0.15) is 33.2 Å². The minimum Gasteiger partial charge on any atom is -0.494 e. The van der Waals surface area contributed by atoms with Crippen LogP contribution in [-0.2, 0) is 0 Å². The Bertz CT molecular complexity index is 945. The fraction of sp³-hybridized carbons (Fsp3) is 0.130.